The van der Waals surface area contributed by atoms with Crippen LogP contribution in [0.15, 0.2) is 233 Å². The van der Waals surface area contributed by atoms with E-state index in [2.05, 4.69) is 139 Å². The fraction of sp³-hybridized carbons (Fsp3) is 0.405. The normalized spacial score (nSPS) is 13.1. The minimum Gasteiger partial charge on any atom is -0.508 e. The van der Waals surface area contributed by atoms with Gasteiger partial charge in [0, 0.05) is 0 Å². The molecule has 3 unspecified atom stereocenters. The van der Waals surface area contributed by atoms with Gasteiger partial charge in [-0.2, -0.15) is 47.9 Å². The Labute approximate surface area is 654 Å². The second-order valence-corrected chi connectivity index (χ2v) is 32.0. The number of carbonyl (C=O) groups excluding carboxylic acids is 2. The third-order valence-electron chi connectivity index (χ3n) is 16.7. The van der Waals surface area contributed by atoms with Crippen molar-refractivity contribution >= 4 is 53.0 Å². The second kappa shape index (κ2) is 46.6. The van der Waals surface area contributed by atoms with Gasteiger partial charge in [0.25, 0.3) is 0 Å². The van der Waals surface area contributed by atoms with Crippen LogP contribution in [-0.2, 0) is 61.8 Å². The highest BCUT2D eigenvalue weighted by Crippen LogP contribution is 2.53. The fourth-order valence-electron chi connectivity index (χ4n) is 9.09. The van der Waals surface area contributed by atoms with E-state index in [0.717, 1.165) is 61.8 Å². The molecule has 8 aromatic rings. The number of phenolic OH excluding ortho intramolecular Hbond substituents is 1. The first-order valence-electron chi connectivity index (χ1n) is 32.5. The molecule has 0 saturated carbocycles. The van der Waals surface area contributed by atoms with Crippen LogP contribution in [0.1, 0.15) is 207 Å². The lowest BCUT2D eigenvalue weighted by Gasteiger charge is -2.35. The number of rotatable bonds is 22. The van der Waals surface area contributed by atoms with Crippen LogP contribution in [0.25, 0.3) is 15.3 Å². The number of ether oxygens (including phenoxy) is 2. The average Bonchev–Trinajstić information content (AvgIpc) is 0.715. The van der Waals surface area contributed by atoms with Crippen molar-refractivity contribution in [2.75, 3.05) is 0 Å². The van der Waals surface area contributed by atoms with Gasteiger partial charge in [0.2, 0.25) is 0 Å². The van der Waals surface area contributed by atoms with Crippen LogP contribution >= 0.6 is 0 Å². The lowest BCUT2D eigenvalue weighted by molar-refractivity contribution is -0.245. The summed E-state index contributed by atoms with van der Waals surface area (Å²) in [6, 6.07) is 69.2. The molecule has 3 atom stereocenters. The number of benzene rings is 8. The maximum absolute atomic E-state index is 14.0. The van der Waals surface area contributed by atoms with Crippen LogP contribution in [0.2, 0.25) is 0 Å². The highest BCUT2D eigenvalue weighted by Gasteiger charge is 2.81. The highest BCUT2D eigenvalue weighted by atomic mass is 32.3. The van der Waals surface area contributed by atoms with Gasteiger partial charge >= 0.3 is 44.0 Å². The van der Waals surface area contributed by atoms with Crippen molar-refractivity contribution in [1.82, 2.24) is 0 Å². The number of aryl methyl sites for hydroxylation is 1. The van der Waals surface area contributed by atoms with E-state index in [9.17, 15) is 74.4 Å². The molecule has 9 rings (SSSR count). The molecule has 13 nitrogen and oxygen atoms in total. The van der Waals surface area contributed by atoms with Gasteiger partial charge in [0.15, 0.2) is 34.7 Å². The molecule has 0 spiro atoms. The van der Waals surface area contributed by atoms with E-state index < -0.39 is 63.3 Å². The predicted molar refractivity (Wildman–Crippen MR) is 433 cm³/mol. The zero-order valence-electron chi connectivity index (χ0n) is 57.9. The monoisotopic (exact) mass is 1630 g/mol. The van der Waals surface area contributed by atoms with Gasteiger partial charge in [0.1, 0.15) is 23.4 Å². The number of fused-ring (bicyclic) bond motifs is 1. The Kier molecular flexibility index (Phi) is 45.8. The first-order valence-corrected chi connectivity index (χ1v) is 38.0. The van der Waals surface area contributed by atoms with Gasteiger partial charge < -0.3 is 22.9 Å². The smallest absolute Gasteiger partial charge is 0.480 e. The Bertz CT molecular complexity index is 4200. The van der Waals surface area contributed by atoms with Crippen LogP contribution in [-0.4, -0.2) is 64.2 Å². The zero-order valence-corrected chi connectivity index (χ0v) is 61.2. The van der Waals surface area contributed by atoms with Gasteiger partial charge in [-0.05, 0) is 191 Å². The summed E-state index contributed by atoms with van der Waals surface area (Å²) in [6.45, 7) is 19.5. The van der Waals surface area contributed by atoms with Gasteiger partial charge in [-0.1, -0.05) is 247 Å². The van der Waals surface area contributed by atoms with E-state index in [-0.39, 0.29) is 99.7 Å². The Hall–Kier alpha value is -8.17. The average molecular weight is 1630 g/mol. The molecule has 0 aromatic heterocycles. The predicted octanol–water partition coefficient (Wildman–Crippen LogP) is 25.8. The number of hydrogen-bond acceptors (Lipinski definition) is 12. The van der Waals surface area contributed by atoms with Crippen molar-refractivity contribution in [2.45, 2.75) is 228 Å². The molecule has 0 aliphatic heterocycles. The topological polar surface area (TPSA) is 199 Å². The van der Waals surface area contributed by atoms with Crippen molar-refractivity contribution in [1.29, 1.82) is 0 Å². The number of phenols is 1. The van der Waals surface area contributed by atoms with E-state index in [4.69, 9.17) is 14.6 Å². The maximum Gasteiger partial charge on any atom is 0.480 e. The largest absolute Gasteiger partial charge is 0.508 e. The molecule has 616 valence electrons. The first-order chi connectivity index (χ1) is 47.6. The number of hydrogen-bond donors (Lipinski definition) is 1. The number of carbonyl (C=O) groups is 2. The highest BCUT2D eigenvalue weighted by molar-refractivity contribution is 8.13. The quantitative estimate of drug-likeness (QED) is 0.0222. The molecule has 26 heteroatoms. The molecular formula is C84H116F9NO12S4. The van der Waals surface area contributed by atoms with Crippen LogP contribution in [0.4, 0.5) is 39.5 Å². The summed E-state index contributed by atoms with van der Waals surface area (Å²) in [6.07, 6.45) is 6.36. The van der Waals surface area contributed by atoms with Crippen LogP contribution in [0, 0.1) is 10.8 Å². The third-order valence-corrected chi connectivity index (χ3v) is 23.3. The van der Waals surface area contributed by atoms with Gasteiger partial charge in [-0.3, -0.25) is 9.59 Å². The van der Waals surface area contributed by atoms with Gasteiger partial charge in [-0.25, -0.2) is 16.8 Å². The van der Waals surface area contributed by atoms with Crippen molar-refractivity contribution in [3.8, 4) is 28.4 Å². The number of aromatic hydroxyl groups is 1. The number of sulfonamides is 2. The van der Waals surface area contributed by atoms with Crippen molar-refractivity contribution < 1.29 is 93.1 Å². The van der Waals surface area contributed by atoms with Crippen LogP contribution in [0.3, 0.4) is 0 Å². The summed E-state index contributed by atoms with van der Waals surface area (Å²) >= 11 is 0. The summed E-state index contributed by atoms with van der Waals surface area (Å²) in [7, 11) is -22.6. The van der Waals surface area contributed by atoms with Gasteiger partial charge in [0.05, 0.1) is 21.7 Å². The van der Waals surface area contributed by atoms with Crippen molar-refractivity contribution in [3.05, 3.63) is 245 Å². The lowest BCUT2D eigenvalue weighted by atomic mass is 9.88. The molecule has 8 aromatic carbocycles. The number of nitrogens with zero attached hydrogens (tertiary/aromatic N) is 1. The number of alkyl halides is 9. The summed E-state index contributed by atoms with van der Waals surface area (Å²) in [4.78, 5) is 28.2. The van der Waals surface area contributed by atoms with E-state index >= 15 is 0 Å². The maximum atomic E-state index is 14.0. The van der Waals surface area contributed by atoms with Crippen molar-refractivity contribution in [3.63, 3.8) is 0 Å². The van der Waals surface area contributed by atoms with Crippen LogP contribution in [0.5, 0.6) is 17.2 Å². The molecular weight excluding hydrogens is 1510 g/mol. The minimum atomic E-state index is -7.96. The Morgan fingerprint density at radius 3 is 1.24 bits per heavy atom. The van der Waals surface area contributed by atoms with E-state index in [0.29, 0.717) is 45.7 Å². The molecule has 110 heavy (non-hydrogen) atoms. The summed E-state index contributed by atoms with van der Waals surface area (Å²) in [5, 5.41) is -5.58. The van der Waals surface area contributed by atoms with E-state index in [1.54, 1.807) is 26.0 Å². The lowest BCUT2D eigenvalue weighted by Crippen LogP contribution is -2.61. The third kappa shape index (κ3) is 28.5. The van der Waals surface area contributed by atoms with Crippen LogP contribution < -0.4 is 8.92 Å². The molecule has 0 saturated heterocycles. The Balaban J connectivity index is -0.000000651. The first kappa shape index (κ1) is 108. The molecule has 1 aliphatic rings. The summed E-state index contributed by atoms with van der Waals surface area (Å²) in [5.41, 5.74) is -0.950. The minimum absolute atomic E-state index is 0. The number of esters is 2. The molecule has 0 fully saturated rings. The van der Waals surface area contributed by atoms with E-state index in [1.165, 1.54) is 31.4 Å². The second-order valence-electron chi connectivity index (χ2n) is 24.9. The molecule has 0 radical (unpaired) electrons. The van der Waals surface area contributed by atoms with Gasteiger partial charge in [-0.15, -0.1) is 0 Å². The summed E-state index contributed by atoms with van der Waals surface area (Å²) < 4.78 is 202. The summed E-state index contributed by atoms with van der Waals surface area (Å²) in [5.74, 6) is -7.54. The standard InChI is InChI=1S/C18H20O2.C18H15S.C16H22O2.C14H13F9NO7S3.C10H14O.8CH4/c1-4-18(2,3)17(19)20-16-12-10-15(11-13-16)14-8-6-5-7-9-14;1-4-10-16(11-5-1)19(17-12-6-2-7-13-17)18-14-8-3-9-15-18;1-4-16(2,3)15(17)18-14-11-7-9-12-8-5-6-10-13(12)14;1-3-8(2)9-4-6-10(7-5-9)31-34(29,30)13(19,20)11(15,16)12(17,18)32(25,26)24-33(27,28)14(21,22)23;1-3-8(2)9-4-6-10(11)7-5-9;;;;;;;;/h5-13H,4H2,1-3H3;1-15H;5-6,8,10,14H,4,7,9,11H2,1-3H3;4-8H,3H2,1-2H3;4-8,11H,3H2,1-2H3;8*1H4/q;+1;;-1;;;;;;;;;. The fourth-order valence-corrected chi connectivity index (χ4v) is 14.4. The molecule has 0 amide bonds. The van der Waals surface area contributed by atoms with E-state index in [1.807, 2.05) is 102 Å². The molecule has 0 heterocycles. The van der Waals surface area contributed by atoms with Crippen molar-refractivity contribution in [2.24, 2.45) is 10.8 Å². The number of halogens is 9. The molecule has 1 aliphatic carbocycles. The zero-order chi connectivity index (χ0) is 76.1. The SMILES string of the molecule is C.C.C.C.C.C.C.C.CCC(C)(C)C(=O)OC1CCCc2ccccc21.CCC(C)(C)C(=O)Oc1ccc(-c2ccccc2)cc1.CCC(C)c1ccc(O)cc1.CCC(C)c1ccc(OS(=O)(=O)C(F)(F)C(F)(F)C(F)(F)S(=O)(=O)[N-]S(=O)(=O)C(F)(F)F)cc1.c1ccc([S+](c2ccccc2)c2ccccc2)cc1. The Morgan fingerprint density at radius 1 is 0.473 bits per heavy atom. The molecule has 1 N–H and O–H groups in total. The molecule has 0 bridgehead atoms. The Morgan fingerprint density at radius 2 is 0.836 bits per heavy atom.